The molecule has 2 atom stereocenters. The molecule has 2 saturated carbocycles. The maximum atomic E-state index is 5.91. The first-order chi connectivity index (χ1) is 7.69. The third-order valence-corrected chi connectivity index (χ3v) is 4.46. The summed E-state index contributed by atoms with van der Waals surface area (Å²) >= 11 is 0. The first-order valence-corrected chi connectivity index (χ1v) is 7.04. The summed E-state index contributed by atoms with van der Waals surface area (Å²) in [5.41, 5.74) is 0.505. The lowest BCUT2D eigenvalue weighted by Crippen LogP contribution is -2.63. The van der Waals surface area contributed by atoms with Gasteiger partial charge in [0.05, 0.1) is 6.10 Å². The molecule has 2 aliphatic carbocycles. The number of nitrogens with one attached hydrogen (secondary N) is 1. The monoisotopic (exact) mass is 225 g/mol. The van der Waals surface area contributed by atoms with Crippen molar-refractivity contribution in [2.45, 2.75) is 65.0 Å². The Bertz CT molecular complexity index is 221. The summed E-state index contributed by atoms with van der Waals surface area (Å²) in [6.45, 7) is 8.73. The van der Waals surface area contributed by atoms with Crippen LogP contribution in [-0.2, 0) is 4.74 Å². The predicted molar refractivity (Wildman–Crippen MR) is 67.6 cm³/mol. The van der Waals surface area contributed by atoms with Crippen molar-refractivity contribution < 1.29 is 4.74 Å². The van der Waals surface area contributed by atoms with E-state index in [-0.39, 0.29) is 0 Å². The third kappa shape index (κ3) is 2.14. The standard InChI is InChI=1S/C14H27NO/c1-4-16-13-9-12(15-10-11(2)3)14(13)7-5-6-8-14/h11-13,15H,4-10H2,1-3H3. The van der Waals surface area contributed by atoms with E-state index in [0.717, 1.165) is 25.1 Å². The zero-order chi connectivity index (χ0) is 11.6. The fourth-order valence-electron chi connectivity index (χ4n) is 3.55. The molecule has 0 bridgehead atoms. The lowest BCUT2D eigenvalue weighted by atomic mass is 9.60. The zero-order valence-electron chi connectivity index (χ0n) is 11.1. The lowest BCUT2D eigenvalue weighted by Gasteiger charge is -2.54. The van der Waals surface area contributed by atoms with E-state index in [1.165, 1.54) is 32.1 Å². The Morgan fingerprint density at radius 3 is 2.56 bits per heavy atom. The smallest absolute Gasteiger partial charge is 0.0661 e. The van der Waals surface area contributed by atoms with Crippen molar-refractivity contribution in [3.63, 3.8) is 0 Å². The predicted octanol–water partition coefficient (Wildman–Crippen LogP) is 2.97. The molecule has 2 rings (SSSR count). The van der Waals surface area contributed by atoms with Gasteiger partial charge in [0.2, 0.25) is 0 Å². The molecule has 2 unspecified atom stereocenters. The van der Waals surface area contributed by atoms with Gasteiger partial charge in [-0.3, -0.25) is 0 Å². The molecule has 2 nitrogen and oxygen atoms in total. The molecule has 2 aliphatic rings. The summed E-state index contributed by atoms with van der Waals surface area (Å²) in [5, 5.41) is 3.76. The highest BCUT2D eigenvalue weighted by Crippen LogP contribution is 2.54. The fourth-order valence-corrected chi connectivity index (χ4v) is 3.55. The summed E-state index contributed by atoms with van der Waals surface area (Å²) in [7, 11) is 0. The summed E-state index contributed by atoms with van der Waals surface area (Å²) in [6, 6.07) is 0.731. The Kier molecular flexibility index (Phi) is 3.91. The molecule has 0 aromatic carbocycles. The molecular weight excluding hydrogens is 198 g/mol. The minimum atomic E-state index is 0.505. The average Bonchev–Trinajstić information content (AvgIpc) is 2.73. The maximum absolute atomic E-state index is 5.91. The van der Waals surface area contributed by atoms with Gasteiger partial charge in [-0.15, -0.1) is 0 Å². The van der Waals surface area contributed by atoms with Crippen LogP contribution in [0.25, 0.3) is 0 Å². The van der Waals surface area contributed by atoms with E-state index in [9.17, 15) is 0 Å². The maximum Gasteiger partial charge on any atom is 0.0661 e. The number of hydrogen-bond donors (Lipinski definition) is 1. The molecule has 1 N–H and O–H groups in total. The lowest BCUT2D eigenvalue weighted by molar-refractivity contribution is -0.130. The molecule has 0 heterocycles. The van der Waals surface area contributed by atoms with Gasteiger partial charge in [0, 0.05) is 18.1 Å². The largest absolute Gasteiger partial charge is 0.378 e. The van der Waals surface area contributed by atoms with Gasteiger partial charge in [-0.1, -0.05) is 26.7 Å². The normalized spacial score (nSPS) is 32.2. The highest BCUT2D eigenvalue weighted by molar-refractivity contribution is 5.09. The van der Waals surface area contributed by atoms with Crippen LogP contribution in [0.3, 0.4) is 0 Å². The summed E-state index contributed by atoms with van der Waals surface area (Å²) in [5.74, 6) is 0.754. The van der Waals surface area contributed by atoms with Crippen molar-refractivity contribution in [1.82, 2.24) is 5.32 Å². The number of rotatable bonds is 5. The average molecular weight is 225 g/mol. The van der Waals surface area contributed by atoms with E-state index < -0.39 is 0 Å². The topological polar surface area (TPSA) is 21.3 Å². The molecule has 94 valence electrons. The van der Waals surface area contributed by atoms with Gasteiger partial charge in [0.25, 0.3) is 0 Å². The fraction of sp³-hybridized carbons (Fsp3) is 1.00. The van der Waals surface area contributed by atoms with Crippen LogP contribution in [-0.4, -0.2) is 25.3 Å². The molecule has 0 amide bonds. The van der Waals surface area contributed by atoms with Crippen molar-refractivity contribution >= 4 is 0 Å². The van der Waals surface area contributed by atoms with E-state index in [4.69, 9.17) is 4.74 Å². The molecule has 16 heavy (non-hydrogen) atoms. The molecule has 0 saturated heterocycles. The van der Waals surface area contributed by atoms with Crippen LogP contribution in [0.4, 0.5) is 0 Å². The van der Waals surface area contributed by atoms with Crippen LogP contribution in [0.15, 0.2) is 0 Å². The summed E-state index contributed by atoms with van der Waals surface area (Å²) < 4.78 is 5.91. The van der Waals surface area contributed by atoms with Gasteiger partial charge in [0.1, 0.15) is 0 Å². The van der Waals surface area contributed by atoms with Gasteiger partial charge in [-0.25, -0.2) is 0 Å². The minimum absolute atomic E-state index is 0.505. The van der Waals surface area contributed by atoms with Crippen molar-refractivity contribution in [2.75, 3.05) is 13.2 Å². The number of hydrogen-bond acceptors (Lipinski definition) is 2. The van der Waals surface area contributed by atoms with E-state index >= 15 is 0 Å². The van der Waals surface area contributed by atoms with Crippen LogP contribution in [0, 0.1) is 11.3 Å². The Morgan fingerprint density at radius 2 is 2.00 bits per heavy atom. The van der Waals surface area contributed by atoms with Crippen LogP contribution >= 0.6 is 0 Å². The quantitative estimate of drug-likeness (QED) is 0.776. The Morgan fingerprint density at radius 1 is 1.31 bits per heavy atom. The van der Waals surface area contributed by atoms with E-state index in [2.05, 4.69) is 26.1 Å². The zero-order valence-corrected chi connectivity index (χ0v) is 11.1. The van der Waals surface area contributed by atoms with Crippen LogP contribution < -0.4 is 5.32 Å². The van der Waals surface area contributed by atoms with Gasteiger partial charge in [-0.05, 0) is 38.6 Å². The SMILES string of the molecule is CCOC1CC(NCC(C)C)C12CCCC2. The third-order valence-electron chi connectivity index (χ3n) is 4.46. The van der Waals surface area contributed by atoms with E-state index in [1.807, 2.05) is 0 Å². The Labute approximate surface area is 100 Å². The first-order valence-electron chi connectivity index (χ1n) is 7.04. The summed E-state index contributed by atoms with van der Waals surface area (Å²) in [4.78, 5) is 0. The molecule has 0 radical (unpaired) electrons. The molecule has 0 aromatic heterocycles. The molecule has 0 aliphatic heterocycles. The van der Waals surface area contributed by atoms with Gasteiger partial charge >= 0.3 is 0 Å². The second-order valence-corrected chi connectivity index (χ2v) is 5.97. The van der Waals surface area contributed by atoms with Crippen LogP contribution in [0.5, 0.6) is 0 Å². The number of ether oxygens (including phenoxy) is 1. The Hall–Kier alpha value is -0.0800. The van der Waals surface area contributed by atoms with Crippen molar-refractivity contribution in [2.24, 2.45) is 11.3 Å². The van der Waals surface area contributed by atoms with Gasteiger partial charge < -0.3 is 10.1 Å². The highest BCUT2D eigenvalue weighted by atomic mass is 16.5. The first kappa shape index (κ1) is 12.4. The summed E-state index contributed by atoms with van der Waals surface area (Å²) in [6.07, 6.45) is 7.36. The molecule has 2 heteroatoms. The highest BCUT2D eigenvalue weighted by Gasteiger charge is 2.56. The molecular formula is C14H27NO. The van der Waals surface area contributed by atoms with Crippen molar-refractivity contribution in [3.05, 3.63) is 0 Å². The minimum Gasteiger partial charge on any atom is -0.378 e. The second-order valence-electron chi connectivity index (χ2n) is 5.97. The van der Waals surface area contributed by atoms with Crippen LogP contribution in [0.1, 0.15) is 52.9 Å². The molecule has 2 fully saturated rings. The Balaban J connectivity index is 1.90. The van der Waals surface area contributed by atoms with E-state index in [1.54, 1.807) is 0 Å². The second kappa shape index (κ2) is 5.05. The van der Waals surface area contributed by atoms with Crippen molar-refractivity contribution in [1.29, 1.82) is 0 Å². The van der Waals surface area contributed by atoms with E-state index in [0.29, 0.717) is 11.5 Å². The molecule has 1 spiro atoms. The molecule has 0 aromatic rings. The van der Waals surface area contributed by atoms with Gasteiger partial charge in [-0.2, -0.15) is 0 Å². The van der Waals surface area contributed by atoms with Crippen LogP contribution in [0.2, 0.25) is 0 Å². The van der Waals surface area contributed by atoms with Crippen molar-refractivity contribution in [3.8, 4) is 0 Å². The van der Waals surface area contributed by atoms with Gasteiger partial charge in [0.15, 0.2) is 0 Å².